The minimum atomic E-state index is -5.47. The van der Waals surface area contributed by atoms with Crippen molar-refractivity contribution in [1.29, 1.82) is 0 Å². The Balaban J connectivity index is 2.06. The lowest BCUT2D eigenvalue weighted by atomic mass is 10.00. The van der Waals surface area contributed by atoms with Crippen LogP contribution in [0.25, 0.3) is 11.1 Å². The molecule has 0 atom stereocenters. The number of hydrogen-bond donors (Lipinski definition) is 0. The molecule has 0 aliphatic carbocycles. The van der Waals surface area contributed by atoms with Crippen molar-refractivity contribution in [2.45, 2.75) is 39.0 Å². The number of methoxy groups -OCH3 is 1. The Morgan fingerprint density at radius 3 is 1.62 bits per heavy atom. The SMILES string of the molecule is CCCOc1cc(OC)c(-c2cc(F)c(C(F)(F)Oc3cc(F)c(C(F)(F)F)c(F)c3)c(F)c2)c(OCCC)c1. The van der Waals surface area contributed by atoms with E-state index in [1.54, 1.807) is 6.92 Å². The summed E-state index contributed by atoms with van der Waals surface area (Å²) in [5.41, 5.74) is -4.55. The van der Waals surface area contributed by atoms with Crippen molar-refractivity contribution in [3.63, 3.8) is 0 Å². The summed E-state index contributed by atoms with van der Waals surface area (Å²) in [7, 11) is 1.26. The van der Waals surface area contributed by atoms with Gasteiger partial charge >= 0.3 is 12.3 Å². The normalized spacial score (nSPS) is 11.9. The largest absolute Gasteiger partial charge is 0.496 e. The molecule has 13 heteroatoms. The average molecular weight is 582 g/mol. The number of rotatable bonds is 11. The van der Waals surface area contributed by atoms with Gasteiger partial charge in [0, 0.05) is 24.3 Å². The zero-order chi connectivity index (χ0) is 29.8. The molecule has 218 valence electrons. The zero-order valence-electron chi connectivity index (χ0n) is 21.3. The Hall–Kier alpha value is -3.77. The second-order valence-electron chi connectivity index (χ2n) is 8.39. The van der Waals surface area contributed by atoms with E-state index < -0.39 is 52.4 Å². The molecule has 40 heavy (non-hydrogen) atoms. The first kappa shape index (κ1) is 30.8. The highest BCUT2D eigenvalue weighted by Crippen LogP contribution is 2.45. The molecule has 0 bridgehead atoms. The van der Waals surface area contributed by atoms with Gasteiger partial charge in [0.2, 0.25) is 0 Å². The minimum Gasteiger partial charge on any atom is -0.496 e. The van der Waals surface area contributed by atoms with Gasteiger partial charge in [0.15, 0.2) is 0 Å². The first-order chi connectivity index (χ1) is 18.7. The van der Waals surface area contributed by atoms with Crippen LogP contribution >= 0.6 is 0 Å². The van der Waals surface area contributed by atoms with Crippen LogP contribution in [-0.2, 0) is 12.3 Å². The summed E-state index contributed by atoms with van der Waals surface area (Å²) in [5.74, 6) is -9.16. The molecule has 3 aromatic carbocycles. The van der Waals surface area contributed by atoms with E-state index in [0.29, 0.717) is 37.3 Å². The molecule has 0 aliphatic heterocycles. The number of benzene rings is 3. The van der Waals surface area contributed by atoms with Gasteiger partial charge in [-0.15, -0.1) is 0 Å². The highest BCUT2D eigenvalue weighted by molar-refractivity contribution is 5.78. The quantitative estimate of drug-likeness (QED) is 0.212. The fourth-order valence-electron chi connectivity index (χ4n) is 3.71. The number of alkyl halides is 5. The molecule has 0 saturated carbocycles. The predicted molar refractivity (Wildman–Crippen MR) is 126 cm³/mol. The summed E-state index contributed by atoms with van der Waals surface area (Å²) in [4.78, 5) is 0. The van der Waals surface area contributed by atoms with E-state index in [1.807, 2.05) is 6.92 Å². The van der Waals surface area contributed by atoms with Gasteiger partial charge < -0.3 is 18.9 Å². The minimum absolute atomic E-state index is 0.0141. The second kappa shape index (κ2) is 12.2. The smallest absolute Gasteiger partial charge is 0.432 e. The first-order valence-corrected chi connectivity index (χ1v) is 11.8. The van der Waals surface area contributed by atoms with Crippen LogP contribution in [0.1, 0.15) is 37.8 Å². The number of hydrogen-bond acceptors (Lipinski definition) is 4. The van der Waals surface area contributed by atoms with E-state index in [0.717, 1.165) is 0 Å². The Bertz CT molecular complexity index is 1310. The maximum Gasteiger partial charge on any atom is 0.432 e. The van der Waals surface area contributed by atoms with Crippen LogP contribution in [0, 0.1) is 23.3 Å². The Morgan fingerprint density at radius 1 is 0.625 bits per heavy atom. The second-order valence-corrected chi connectivity index (χ2v) is 8.39. The third kappa shape index (κ3) is 6.68. The van der Waals surface area contributed by atoms with Crippen molar-refractivity contribution in [1.82, 2.24) is 0 Å². The van der Waals surface area contributed by atoms with Crippen molar-refractivity contribution in [3.05, 3.63) is 70.8 Å². The summed E-state index contributed by atoms with van der Waals surface area (Å²) in [5, 5.41) is 0. The standard InChI is InChI=1S/C27H23F9O4/c1-4-6-38-15-12-21(37-3)23(22(13-15)39-7-5-2)14-8-17(28)25(18(29)9-14)27(35,36)40-16-10-19(30)24(20(31)11-16)26(32,33)34/h8-13H,4-7H2,1-3H3. The third-order valence-corrected chi connectivity index (χ3v) is 5.36. The highest BCUT2D eigenvalue weighted by atomic mass is 19.4. The van der Waals surface area contributed by atoms with Crippen LogP contribution in [0.2, 0.25) is 0 Å². The highest BCUT2D eigenvalue weighted by Gasteiger charge is 2.43. The van der Waals surface area contributed by atoms with Crippen molar-refractivity contribution < 1.29 is 58.5 Å². The van der Waals surface area contributed by atoms with Crippen LogP contribution in [0.3, 0.4) is 0 Å². The summed E-state index contributed by atoms with van der Waals surface area (Å²) in [6, 6.07) is 3.58. The summed E-state index contributed by atoms with van der Waals surface area (Å²) in [6.45, 7) is 4.20. The van der Waals surface area contributed by atoms with Crippen LogP contribution in [0.5, 0.6) is 23.0 Å². The van der Waals surface area contributed by atoms with Crippen LogP contribution in [0.15, 0.2) is 36.4 Å². The summed E-state index contributed by atoms with van der Waals surface area (Å²) < 4.78 is 146. The molecule has 0 fully saturated rings. The van der Waals surface area contributed by atoms with Crippen molar-refractivity contribution in [3.8, 4) is 34.1 Å². The molecular formula is C27H23F9O4. The topological polar surface area (TPSA) is 36.9 Å². The average Bonchev–Trinajstić information content (AvgIpc) is 2.83. The van der Waals surface area contributed by atoms with Gasteiger partial charge in [0.05, 0.1) is 25.9 Å². The number of ether oxygens (including phenoxy) is 4. The molecule has 0 spiro atoms. The maximum absolute atomic E-state index is 15.0. The first-order valence-electron chi connectivity index (χ1n) is 11.8. The fourth-order valence-corrected chi connectivity index (χ4v) is 3.71. The molecule has 0 N–H and O–H groups in total. The van der Waals surface area contributed by atoms with E-state index in [2.05, 4.69) is 4.74 Å². The molecule has 0 heterocycles. The summed E-state index contributed by atoms with van der Waals surface area (Å²) >= 11 is 0. The van der Waals surface area contributed by atoms with Gasteiger partial charge in [-0.05, 0) is 30.5 Å². The number of halogens is 9. The predicted octanol–water partition coefficient (Wildman–Crippen LogP) is 8.64. The van der Waals surface area contributed by atoms with E-state index in [9.17, 15) is 30.7 Å². The van der Waals surface area contributed by atoms with E-state index in [-0.39, 0.29) is 41.4 Å². The van der Waals surface area contributed by atoms with E-state index >= 15 is 8.78 Å². The van der Waals surface area contributed by atoms with Crippen LogP contribution in [-0.4, -0.2) is 20.3 Å². The van der Waals surface area contributed by atoms with Gasteiger partial charge in [0.25, 0.3) is 0 Å². The molecule has 0 aliphatic rings. The van der Waals surface area contributed by atoms with Gasteiger partial charge in [0.1, 0.15) is 57.4 Å². The molecule has 0 radical (unpaired) electrons. The molecule has 0 amide bonds. The summed E-state index contributed by atoms with van der Waals surface area (Å²) in [6.07, 6.45) is -9.13. The fraction of sp³-hybridized carbons (Fsp3) is 0.333. The maximum atomic E-state index is 15.0. The molecule has 4 nitrogen and oxygen atoms in total. The van der Waals surface area contributed by atoms with Crippen molar-refractivity contribution in [2.24, 2.45) is 0 Å². The lowest BCUT2D eigenvalue weighted by molar-refractivity contribution is -0.189. The van der Waals surface area contributed by atoms with E-state index in [4.69, 9.17) is 14.2 Å². The molecular weight excluding hydrogens is 559 g/mol. The van der Waals surface area contributed by atoms with Gasteiger partial charge in [-0.3, -0.25) is 0 Å². The lowest BCUT2D eigenvalue weighted by Gasteiger charge is -2.22. The Morgan fingerprint density at radius 2 is 1.12 bits per heavy atom. The van der Waals surface area contributed by atoms with Crippen LogP contribution in [0.4, 0.5) is 39.5 Å². The van der Waals surface area contributed by atoms with Crippen molar-refractivity contribution >= 4 is 0 Å². The van der Waals surface area contributed by atoms with Gasteiger partial charge in [-0.25, -0.2) is 17.6 Å². The third-order valence-electron chi connectivity index (χ3n) is 5.36. The van der Waals surface area contributed by atoms with Gasteiger partial charge in [-0.2, -0.15) is 22.0 Å². The van der Waals surface area contributed by atoms with Gasteiger partial charge in [-0.1, -0.05) is 13.8 Å². The van der Waals surface area contributed by atoms with Crippen LogP contribution < -0.4 is 18.9 Å². The zero-order valence-corrected chi connectivity index (χ0v) is 21.3. The monoisotopic (exact) mass is 582 g/mol. The van der Waals surface area contributed by atoms with Crippen molar-refractivity contribution in [2.75, 3.05) is 20.3 Å². The Labute approximate surface area is 223 Å². The lowest BCUT2D eigenvalue weighted by Crippen LogP contribution is -2.25. The molecule has 3 rings (SSSR count). The molecule has 3 aromatic rings. The van der Waals surface area contributed by atoms with E-state index in [1.165, 1.54) is 19.2 Å². The molecule has 0 unspecified atom stereocenters. The Kier molecular flexibility index (Phi) is 9.36. The molecule has 0 aromatic heterocycles. The molecule has 0 saturated heterocycles.